The number of hydrogen-bond acceptors (Lipinski definition) is 4. The summed E-state index contributed by atoms with van der Waals surface area (Å²) in [6.45, 7) is 8.59. The van der Waals surface area contributed by atoms with E-state index in [2.05, 4.69) is 63.4 Å². The highest BCUT2D eigenvalue weighted by atomic mass is 127. The van der Waals surface area contributed by atoms with E-state index in [1.807, 2.05) is 19.2 Å². The number of piperazine rings is 1. The van der Waals surface area contributed by atoms with E-state index in [1.165, 1.54) is 16.8 Å². The van der Waals surface area contributed by atoms with Crippen LogP contribution in [-0.2, 0) is 10.2 Å². The molecule has 0 unspecified atom stereocenters. The summed E-state index contributed by atoms with van der Waals surface area (Å²) in [5, 5.41) is 3.73. The third kappa shape index (κ3) is 5.93. The Hall–Kier alpha value is -2.00. The smallest absolute Gasteiger partial charge is 0.193 e. The Balaban J connectivity index is 0.00000306. The maximum atomic E-state index is 5.72. The van der Waals surface area contributed by atoms with Crippen LogP contribution in [0.1, 0.15) is 24.0 Å². The molecule has 0 radical (unpaired) electrons. The summed E-state index contributed by atoms with van der Waals surface area (Å²) in [6, 6.07) is 17.1. The molecule has 0 aromatic heterocycles. The maximum absolute atomic E-state index is 5.72. The van der Waals surface area contributed by atoms with Gasteiger partial charge >= 0.3 is 0 Å². The van der Waals surface area contributed by atoms with E-state index in [-0.39, 0.29) is 29.4 Å². The fourth-order valence-corrected chi connectivity index (χ4v) is 5.02. The average molecular weight is 565 g/mol. The van der Waals surface area contributed by atoms with Crippen molar-refractivity contribution in [2.45, 2.75) is 25.2 Å². The molecule has 6 nitrogen and oxygen atoms in total. The maximum Gasteiger partial charge on any atom is 0.193 e. The van der Waals surface area contributed by atoms with Crippen molar-refractivity contribution in [2.24, 2.45) is 4.99 Å². The summed E-state index contributed by atoms with van der Waals surface area (Å²) < 4.78 is 11.0. The van der Waals surface area contributed by atoms with E-state index >= 15 is 0 Å². The summed E-state index contributed by atoms with van der Waals surface area (Å²) in [5.74, 6) is 1.89. The molecule has 33 heavy (non-hydrogen) atoms. The highest BCUT2D eigenvalue weighted by molar-refractivity contribution is 14.0. The number of rotatable bonds is 5. The lowest BCUT2D eigenvalue weighted by molar-refractivity contribution is 0.0509. The van der Waals surface area contributed by atoms with Crippen LogP contribution in [0, 0.1) is 6.92 Å². The molecule has 2 aliphatic rings. The fraction of sp³-hybridized carbons (Fsp3) is 0.500. The Bertz CT molecular complexity index is 905. The van der Waals surface area contributed by atoms with Crippen molar-refractivity contribution in [3.8, 4) is 5.75 Å². The SMILES string of the molecule is CN=C(NCC1(c2ccccc2C)CCOCC1)N1CCN(c2ccc(OC)cc2)CC1.I. The molecule has 2 aliphatic heterocycles. The standard InChI is InChI=1S/C26H36N4O2.HI/c1-21-6-4-5-7-24(21)26(12-18-32-19-13-26)20-28-25(27-2)30-16-14-29(15-17-30)22-8-10-23(31-3)11-9-22;/h4-11H,12-20H2,1-3H3,(H,27,28);1H. The molecule has 2 aromatic carbocycles. The van der Waals surface area contributed by atoms with Gasteiger partial charge in [-0.3, -0.25) is 4.99 Å². The summed E-state index contributed by atoms with van der Waals surface area (Å²) in [6.07, 6.45) is 2.07. The first kappa shape index (κ1) is 25.6. The normalized spacial score (nSPS) is 18.5. The van der Waals surface area contributed by atoms with Crippen LogP contribution >= 0.6 is 24.0 Å². The van der Waals surface area contributed by atoms with Gasteiger partial charge < -0.3 is 24.6 Å². The van der Waals surface area contributed by atoms with Crippen LogP contribution in [0.2, 0.25) is 0 Å². The fourth-order valence-electron chi connectivity index (χ4n) is 5.02. The minimum absolute atomic E-state index is 0. The number of guanidine groups is 1. The first-order chi connectivity index (χ1) is 15.6. The van der Waals surface area contributed by atoms with Crippen LogP contribution in [0.5, 0.6) is 5.75 Å². The molecular formula is C26H37IN4O2. The Labute approximate surface area is 215 Å². The van der Waals surface area contributed by atoms with Gasteiger partial charge in [0.1, 0.15) is 5.75 Å². The molecule has 0 bridgehead atoms. The second-order valence-corrected chi connectivity index (χ2v) is 8.78. The van der Waals surface area contributed by atoms with Crippen molar-refractivity contribution in [3.63, 3.8) is 0 Å². The molecule has 180 valence electrons. The van der Waals surface area contributed by atoms with Gasteiger partial charge in [0.15, 0.2) is 5.96 Å². The van der Waals surface area contributed by atoms with Crippen molar-refractivity contribution in [2.75, 3.05) is 65.0 Å². The number of aryl methyl sites for hydroxylation is 1. The Morgan fingerprint density at radius 3 is 2.30 bits per heavy atom. The predicted molar refractivity (Wildman–Crippen MR) is 146 cm³/mol. The summed E-state index contributed by atoms with van der Waals surface area (Å²) in [5.41, 5.74) is 4.13. The Morgan fingerprint density at radius 1 is 1.03 bits per heavy atom. The quantitative estimate of drug-likeness (QED) is 0.337. The number of nitrogens with one attached hydrogen (secondary N) is 1. The van der Waals surface area contributed by atoms with Gasteiger partial charge in [0.05, 0.1) is 7.11 Å². The lowest BCUT2D eigenvalue weighted by atomic mass is 9.72. The van der Waals surface area contributed by atoms with E-state index in [0.29, 0.717) is 0 Å². The zero-order valence-corrected chi connectivity index (χ0v) is 22.4. The van der Waals surface area contributed by atoms with Crippen LogP contribution in [-0.4, -0.2) is 71.0 Å². The van der Waals surface area contributed by atoms with E-state index in [9.17, 15) is 0 Å². The van der Waals surface area contributed by atoms with Crippen molar-refractivity contribution >= 4 is 35.6 Å². The summed E-state index contributed by atoms with van der Waals surface area (Å²) >= 11 is 0. The van der Waals surface area contributed by atoms with Gasteiger partial charge in [-0.2, -0.15) is 0 Å². The van der Waals surface area contributed by atoms with Gasteiger partial charge in [0.2, 0.25) is 0 Å². The van der Waals surface area contributed by atoms with Gasteiger partial charge in [0.25, 0.3) is 0 Å². The second kappa shape index (κ2) is 11.9. The Kier molecular flexibility index (Phi) is 9.26. The molecule has 4 rings (SSSR count). The monoisotopic (exact) mass is 564 g/mol. The molecule has 2 heterocycles. The molecule has 7 heteroatoms. The minimum atomic E-state index is 0. The highest BCUT2D eigenvalue weighted by Gasteiger charge is 2.36. The second-order valence-electron chi connectivity index (χ2n) is 8.78. The Morgan fingerprint density at radius 2 is 1.70 bits per heavy atom. The van der Waals surface area contributed by atoms with Crippen molar-refractivity contribution in [1.29, 1.82) is 0 Å². The van der Waals surface area contributed by atoms with E-state index in [0.717, 1.165) is 70.5 Å². The number of nitrogens with zero attached hydrogens (tertiary/aromatic N) is 3. The largest absolute Gasteiger partial charge is 0.497 e. The molecule has 0 aliphatic carbocycles. The van der Waals surface area contributed by atoms with E-state index < -0.39 is 0 Å². The molecule has 0 atom stereocenters. The number of methoxy groups -OCH3 is 1. The van der Waals surface area contributed by atoms with Gasteiger partial charge in [-0.1, -0.05) is 24.3 Å². The van der Waals surface area contributed by atoms with Crippen LogP contribution in [0.3, 0.4) is 0 Å². The number of aliphatic imine (C=N–C) groups is 1. The molecular weight excluding hydrogens is 527 g/mol. The van der Waals surface area contributed by atoms with Crippen molar-refractivity contribution < 1.29 is 9.47 Å². The topological polar surface area (TPSA) is 49.3 Å². The van der Waals surface area contributed by atoms with Gasteiger partial charge in [-0.15, -0.1) is 24.0 Å². The number of benzene rings is 2. The number of anilines is 1. The van der Waals surface area contributed by atoms with Crippen molar-refractivity contribution in [1.82, 2.24) is 10.2 Å². The average Bonchev–Trinajstić information content (AvgIpc) is 2.86. The van der Waals surface area contributed by atoms with E-state index in [1.54, 1.807) is 7.11 Å². The molecule has 2 fully saturated rings. The predicted octanol–water partition coefficient (Wildman–Crippen LogP) is 4.07. The first-order valence-electron chi connectivity index (χ1n) is 11.6. The third-order valence-corrected chi connectivity index (χ3v) is 6.98. The lowest BCUT2D eigenvalue weighted by Gasteiger charge is -2.41. The highest BCUT2D eigenvalue weighted by Crippen LogP contribution is 2.36. The van der Waals surface area contributed by atoms with Gasteiger partial charge in [-0.05, 0) is 55.2 Å². The van der Waals surface area contributed by atoms with Crippen LogP contribution in [0.15, 0.2) is 53.5 Å². The number of ether oxygens (including phenoxy) is 2. The third-order valence-electron chi connectivity index (χ3n) is 6.98. The minimum Gasteiger partial charge on any atom is -0.497 e. The number of halogens is 1. The van der Waals surface area contributed by atoms with Gasteiger partial charge in [-0.25, -0.2) is 0 Å². The zero-order chi connectivity index (χ0) is 22.4. The van der Waals surface area contributed by atoms with Crippen molar-refractivity contribution in [3.05, 3.63) is 59.7 Å². The summed E-state index contributed by atoms with van der Waals surface area (Å²) in [7, 11) is 3.60. The molecule has 1 N–H and O–H groups in total. The molecule has 0 saturated carbocycles. The summed E-state index contributed by atoms with van der Waals surface area (Å²) in [4.78, 5) is 9.44. The molecule has 2 saturated heterocycles. The lowest BCUT2D eigenvalue weighted by Crippen LogP contribution is -2.55. The van der Waals surface area contributed by atoms with E-state index in [4.69, 9.17) is 9.47 Å². The zero-order valence-electron chi connectivity index (χ0n) is 20.0. The molecule has 2 aromatic rings. The first-order valence-corrected chi connectivity index (χ1v) is 11.6. The molecule has 0 spiro atoms. The van der Waals surface area contributed by atoms with Crippen LogP contribution in [0.25, 0.3) is 0 Å². The van der Waals surface area contributed by atoms with Gasteiger partial charge in [0, 0.05) is 64.1 Å². The molecule has 0 amide bonds. The number of hydrogen-bond donors (Lipinski definition) is 1. The van der Waals surface area contributed by atoms with Crippen LogP contribution < -0.4 is 15.0 Å². The van der Waals surface area contributed by atoms with Crippen LogP contribution in [0.4, 0.5) is 5.69 Å².